The molecule has 0 N–H and O–H groups in total. The Labute approximate surface area is 201 Å². The van der Waals surface area contributed by atoms with E-state index in [1.165, 1.54) is 32.1 Å². The van der Waals surface area contributed by atoms with Crippen LogP contribution in [0.4, 0.5) is 8.92 Å². The molecule has 4 fully saturated rings. The quantitative estimate of drug-likeness (QED) is 0.328. The second-order valence-electron chi connectivity index (χ2n) is 11.2. The maximum Gasteiger partial charge on any atom is 0.120 e. The molecule has 0 aromatic rings. The lowest BCUT2D eigenvalue weighted by Gasteiger charge is -2.63. The average Bonchev–Trinajstić information content (AvgIpc) is 3.05. The van der Waals surface area contributed by atoms with Crippen molar-refractivity contribution >= 4 is 18.9 Å². The first-order valence-corrected chi connectivity index (χ1v) is 13.6. The lowest BCUT2D eigenvalue weighted by atomic mass is 9.42. The van der Waals surface area contributed by atoms with Crippen LogP contribution in [0.5, 0.6) is 0 Å². The van der Waals surface area contributed by atoms with E-state index >= 15 is 0 Å². The van der Waals surface area contributed by atoms with Crippen LogP contribution < -0.4 is 0 Å². The third-order valence-electron chi connectivity index (χ3n) is 10.3. The molecule has 4 rings (SSSR count). The van der Waals surface area contributed by atoms with Gasteiger partial charge in [-0.3, -0.25) is 0 Å². The van der Waals surface area contributed by atoms with Crippen LogP contribution in [0.3, 0.4) is 0 Å². The van der Waals surface area contributed by atoms with Crippen molar-refractivity contribution in [2.24, 2.45) is 40.4 Å². The first-order chi connectivity index (χ1) is 15.2. The summed E-state index contributed by atoms with van der Waals surface area (Å²) in [6.45, 7) is 11.4. The molecule has 0 aliphatic heterocycles. The van der Waals surface area contributed by atoms with E-state index < -0.39 is 6.17 Å². The molecule has 5 heteroatoms. The van der Waals surface area contributed by atoms with E-state index in [1.54, 1.807) is 0 Å². The van der Waals surface area contributed by atoms with Gasteiger partial charge in [0.1, 0.15) is 12.5 Å². The number of halogens is 2. The van der Waals surface area contributed by atoms with E-state index in [2.05, 4.69) is 25.7 Å². The first-order valence-electron chi connectivity index (χ1n) is 13.2. The van der Waals surface area contributed by atoms with Crippen molar-refractivity contribution in [1.82, 2.24) is 0 Å². The van der Waals surface area contributed by atoms with Crippen molar-refractivity contribution in [1.29, 1.82) is 0 Å². The Morgan fingerprint density at radius 3 is 2.25 bits per heavy atom. The molecule has 4 saturated carbocycles. The molecule has 32 heavy (non-hydrogen) atoms. The highest BCUT2D eigenvalue weighted by Crippen LogP contribution is 2.71. The standard InChI is InChI=1S/C24H39FOS.C2H6.CH3FO/c1-4-16-14-18-19(22(2)10-6-17(25)15-21(16)22)7-11-23(3)20(18)8-12-24(23,27)9-5-13-26;1-2;1-3-2/h13,16-21,27H,4-12,14-15H2,1-3H3;1-2H3;1H3/t16-,17+,18?,19-,20?,21?,22?,23?,24+;;/m0../s1. The predicted molar refractivity (Wildman–Crippen MR) is 132 cm³/mol. The van der Waals surface area contributed by atoms with Crippen LogP contribution in [-0.2, 0) is 9.74 Å². The number of carbonyl (C=O) groups excluding carboxylic acids is 1. The maximum atomic E-state index is 14.3. The molecule has 0 bridgehead atoms. The number of rotatable bonds is 4. The topological polar surface area (TPSA) is 26.3 Å². The fraction of sp³-hybridized carbons (Fsp3) is 0.963. The van der Waals surface area contributed by atoms with Gasteiger partial charge in [0.05, 0.1) is 7.11 Å². The summed E-state index contributed by atoms with van der Waals surface area (Å²) in [7, 11) is 0.958. The molecule has 9 atom stereocenters. The van der Waals surface area contributed by atoms with Crippen LogP contribution in [0, 0.1) is 40.4 Å². The van der Waals surface area contributed by atoms with Gasteiger partial charge in [0.2, 0.25) is 0 Å². The van der Waals surface area contributed by atoms with Gasteiger partial charge in [-0.25, -0.2) is 4.39 Å². The molecule has 0 saturated heterocycles. The predicted octanol–water partition coefficient (Wildman–Crippen LogP) is 8.19. The van der Waals surface area contributed by atoms with E-state index in [4.69, 9.17) is 12.6 Å². The van der Waals surface area contributed by atoms with Gasteiger partial charge in [0.25, 0.3) is 0 Å². The number of fused-ring (bicyclic) bond motifs is 5. The lowest BCUT2D eigenvalue weighted by molar-refractivity contribution is -0.142. The second kappa shape index (κ2) is 11.5. The smallest absolute Gasteiger partial charge is 0.120 e. The summed E-state index contributed by atoms with van der Waals surface area (Å²) in [6.07, 6.45) is 12.3. The molecule has 0 heterocycles. The van der Waals surface area contributed by atoms with Crippen LogP contribution >= 0.6 is 12.6 Å². The Bertz CT molecular complexity index is 604. The monoisotopic (exact) mass is 474 g/mol. The van der Waals surface area contributed by atoms with Crippen molar-refractivity contribution in [3.63, 3.8) is 0 Å². The molecule has 0 aromatic heterocycles. The molecule has 2 nitrogen and oxygen atoms in total. The largest absolute Gasteiger partial charge is 0.303 e. The average molecular weight is 475 g/mol. The van der Waals surface area contributed by atoms with Gasteiger partial charge < -0.3 is 4.79 Å². The van der Waals surface area contributed by atoms with Crippen molar-refractivity contribution < 1.29 is 18.7 Å². The highest BCUT2D eigenvalue weighted by molar-refractivity contribution is 7.81. The van der Waals surface area contributed by atoms with Crippen molar-refractivity contribution in [2.45, 2.75) is 116 Å². The van der Waals surface area contributed by atoms with Crippen molar-refractivity contribution in [2.75, 3.05) is 7.11 Å². The van der Waals surface area contributed by atoms with Gasteiger partial charge in [0.15, 0.2) is 0 Å². The summed E-state index contributed by atoms with van der Waals surface area (Å²) in [5.74, 6) is 3.60. The van der Waals surface area contributed by atoms with E-state index in [0.717, 1.165) is 63.3 Å². The summed E-state index contributed by atoms with van der Waals surface area (Å²) in [4.78, 5) is 13.8. The number of thiol groups is 1. The van der Waals surface area contributed by atoms with E-state index in [0.29, 0.717) is 23.7 Å². The zero-order valence-electron chi connectivity index (χ0n) is 21.3. The van der Waals surface area contributed by atoms with Crippen LogP contribution in [0.1, 0.15) is 105 Å². The number of alkyl halides is 1. The van der Waals surface area contributed by atoms with Gasteiger partial charge >= 0.3 is 0 Å². The molecule has 188 valence electrons. The Morgan fingerprint density at radius 2 is 1.66 bits per heavy atom. The molecule has 0 spiro atoms. The van der Waals surface area contributed by atoms with Gasteiger partial charge in [0, 0.05) is 11.2 Å². The van der Waals surface area contributed by atoms with Crippen LogP contribution in [0.2, 0.25) is 0 Å². The molecule has 0 amide bonds. The summed E-state index contributed by atoms with van der Waals surface area (Å²) >= 11 is 5.24. The SMILES string of the molecule is CC.CC[C@H]1CC2C3CC[C@](S)(CCC=O)C3(C)CC[C@@H]2C2(C)CC[C@@H](F)CC12.COF. The maximum absolute atomic E-state index is 14.3. The lowest BCUT2D eigenvalue weighted by Crippen LogP contribution is -2.57. The van der Waals surface area contributed by atoms with E-state index in [9.17, 15) is 13.7 Å². The van der Waals surface area contributed by atoms with Crippen molar-refractivity contribution in [3.05, 3.63) is 0 Å². The van der Waals surface area contributed by atoms with Crippen LogP contribution in [0.25, 0.3) is 0 Å². The fourth-order valence-electron chi connectivity index (χ4n) is 8.73. The second-order valence-corrected chi connectivity index (χ2v) is 12.0. The third-order valence-corrected chi connectivity index (χ3v) is 11.3. The normalized spacial score (nSPS) is 46.9. The summed E-state index contributed by atoms with van der Waals surface area (Å²) < 4.78 is 24.1. The summed E-state index contributed by atoms with van der Waals surface area (Å²) in [5.41, 5.74) is 0.608. The van der Waals surface area contributed by atoms with Gasteiger partial charge in [-0.2, -0.15) is 17.6 Å². The molecule has 0 radical (unpaired) electrons. The Morgan fingerprint density at radius 1 is 1.03 bits per heavy atom. The highest BCUT2D eigenvalue weighted by atomic mass is 32.1. The molecular weight excluding hydrogens is 426 g/mol. The zero-order chi connectivity index (χ0) is 24.2. The van der Waals surface area contributed by atoms with Gasteiger partial charge in [-0.05, 0) is 103 Å². The number of carbonyl (C=O) groups is 1. The van der Waals surface area contributed by atoms with Crippen LogP contribution in [-0.4, -0.2) is 24.3 Å². The van der Waals surface area contributed by atoms with Crippen molar-refractivity contribution in [3.8, 4) is 0 Å². The summed E-state index contributed by atoms with van der Waals surface area (Å²) in [6, 6.07) is 0. The molecule has 4 aliphatic carbocycles. The highest BCUT2D eigenvalue weighted by Gasteiger charge is 2.64. The minimum atomic E-state index is -0.567. The summed E-state index contributed by atoms with van der Waals surface area (Å²) in [5, 5.41) is 0. The molecule has 0 aromatic carbocycles. The fourth-order valence-corrected chi connectivity index (χ4v) is 9.26. The number of aldehydes is 1. The Hall–Kier alpha value is -0.160. The minimum absolute atomic E-state index is 0.0274. The van der Waals surface area contributed by atoms with Gasteiger partial charge in [-0.15, -0.1) is 0 Å². The van der Waals surface area contributed by atoms with E-state index in [-0.39, 0.29) is 10.2 Å². The van der Waals surface area contributed by atoms with Crippen LogP contribution in [0.15, 0.2) is 0 Å². The zero-order valence-corrected chi connectivity index (χ0v) is 22.2. The first kappa shape index (κ1) is 28.1. The molecule has 4 aliphatic rings. The molecular formula is C27H48F2O2S. The number of hydrogen-bond donors (Lipinski definition) is 1. The number of hydrogen-bond acceptors (Lipinski definition) is 3. The minimum Gasteiger partial charge on any atom is -0.303 e. The Balaban J connectivity index is 0.000000671. The third kappa shape index (κ3) is 4.81. The molecule has 5 unspecified atom stereocenters. The van der Waals surface area contributed by atoms with Gasteiger partial charge in [-0.1, -0.05) is 41.0 Å². The van der Waals surface area contributed by atoms with E-state index in [1.807, 2.05) is 13.8 Å². The Kier molecular flexibility index (Phi) is 10.1.